The number of hydrogen-bond donors (Lipinski definition) is 0. The number of azide groups is 1. The third-order valence-corrected chi connectivity index (χ3v) is 0.387. The Labute approximate surface area is 45.2 Å². The summed E-state index contributed by atoms with van der Waals surface area (Å²) in [6.07, 6.45) is -0.343. The Hall–Kier alpha value is -1.53. The van der Waals surface area contributed by atoms with E-state index in [0.29, 0.717) is 0 Å². The topological polar surface area (TPSA) is 89.6 Å². The molecule has 0 unspecified atom stereocenters. The van der Waals surface area contributed by atoms with E-state index in [2.05, 4.69) is 10.0 Å². The lowest BCUT2D eigenvalue weighted by Crippen LogP contribution is -1.85. The molecule has 0 aliphatic rings. The van der Waals surface area contributed by atoms with Gasteiger partial charge in [-0.05, 0) is 10.6 Å². The van der Waals surface area contributed by atoms with Crippen LogP contribution in [0.25, 0.3) is 10.4 Å². The van der Waals surface area contributed by atoms with Gasteiger partial charge in [-0.2, -0.15) is 5.26 Å². The number of amides is 1. The second-order valence-corrected chi connectivity index (χ2v) is 0.918. The summed E-state index contributed by atoms with van der Waals surface area (Å²) in [5, 5.41) is 10.4. The Morgan fingerprint density at radius 1 is 2.00 bits per heavy atom. The summed E-state index contributed by atoms with van der Waals surface area (Å²) in [6, 6.07) is 1.54. The zero-order valence-corrected chi connectivity index (χ0v) is 3.90. The molecule has 0 aliphatic carbocycles. The molecular weight excluding hydrogens is 108 g/mol. The van der Waals surface area contributed by atoms with Crippen molar-refractivity contribution in [2.24, 2.45) is 5.11 Å². The molecule has 0 bridgehead atoms. The molecule has 0 fully saturated rings. The largest absolute Gasteiger partial charge is 0.291 e. The summed E-state index contributed by atoms with van der Waals surface area (Å²) >= 11 is 0. The normalized spacial score (nSPS) is 6.38. The fourth-order valence-electron chi connectivity index (χ4n) is 0.153. The van der Waals surface area contributed by atoms with Crippen LogP contribution in [0.3, 0.4) is 0 Å². The van der Waals surface area contributed by atoms with Crippen LogP contribution in [0.4, 0.5) is 0 Å². The van der Waals surface area contributed by atoms with Crippen molar-refractivity contribution < 1.29 is 4.79 Å². The molecule has 0 heterocycles. The number of carbonyl (C=O) groups excluding carboxylic acids is 1. The van der Waals surface area contributed by atoms with Crippen molar-refractivity contribution in [2.45, 2.75) is 6.42 Å². The lowest BCUT2D eigenvalue weighted by atomic mass is 10.5. The molecular formula is C3H2N4O. The fourth-order valence-corrected chi connectivity index (χ4v) is 0.153. The third-order valence-electron chi connectivity index (χ3n) is 0.387. The van der Waals surface area contributed by atoms with Gasteiger partial charge in [0.05, 0.1) is 6.07 Å². The van der Waals surface area contributed by atoms with Crippen LogP contribution in [0, 0.1) is 11.3 Å². The van der Waals surface area contributed by atoms with Crippen LogP contribution in [0.1, 0.15) is 6.42 Å². The van der Waals surface area contributed by atoms with Gasteiger partial charge in [-0.1, -0.05) is 0 Å². The van der Waals surface area contributed by atoms with Gasteiger partial charge in [0, 0.05) is 4.91 Å². The Morgan fingerprint density at radius 2 is 2.62 bits per heavy atom. The van der Waals surface area contributed by atoms with E-state index in [9.17, 15) is 4.79 Å². The average Bonchev–Trinajstić information content (AvgIpc) is 1.68. The number of nitrogens with zero attached hydrogens (tertiary/aromatic N) is 4. The number of rotatable bonds is 1. The predicted molar refractivity (Wildman–Crippen MR) is 24.4 cm³/mol. The quantitative estimate of drug-likeness (QED) is 0.283. The Bertz CT molecular complexity index is 172. The lowest BCUT2D eigenvalue weighted by Gasteiger charge is -1.71. The monoisotopic (exact) mass is 110 g/mol. The van der Waals surface area contributed by atoms with Crippen LogP contribution in [0.15, 0.2) is 5.11 Å². The van der Waals surface area contributed by atoms with Gasteiger partial charge in [0.15, 0.2) is 0 Å². The zero-order valence-electron chi connectivity index (χ0n) is 3.90. The van der Waals surface area contributed by atoms with Gasteiger partial charge in [0.25, 0.3) is 0 Å². The molecule has 1 amide bonds. The minimum atomic E-state index is -0.741. The fraction of sp³-hybridized carbons (Fsp3) is 0.333. The van der Waals surface area contributed by atoms with E-state index < -0.39 is 5.91 Å². The summed E-state index contributed by atoms with van der Waals surface area (Å²) < 4.78 is 0. The maximum absolute atomic E-state index is 10.0. The maximum Gasteiger partial charge on any atom is 0.232 e. The number of hydrogen-bond acceptors (Lipinski definition) is 2. The zero-order chi connectivity index (χ0) is 6.41. The summed E-state index contributed by atoms with van der Waals surface area (Å²) in [5.41, 5.74) is 7.59. The van der Waals surface area contributed by atoms with Crippen LogP contribution in [-0.4, -0.2) is 5.91 Å². The molecule has 0 aromatic carbocycles. The minimum absolute atomic E-state index is 0.343. The number of nitriles is 1. The van der Waals surface area contributed by atoms with Gasteiger partial charge in [-0.15, -0.1) is 0 Å². The van der Waals surface area contributed by atoms with Crippen molar-refractivity contribution in [1.82, 2.24) is 0 Å². The van der Waals surface area contributed by atoms with Crippen molar-refractivity contribution in [2.75, 3.05) is 0 Å². The molecule has 0 saturated heterocycles. The highest BCUT2D eigenvalue weighted by molar-refractivity contribution is 5.78. The van der Waals surface area contributed by atoms with E-state index in [1.807, 2.05) is 0 Å². The Morgan fingerprint density at radius 3 is 3.00 bits per heavy atom. The molecule has 8 heavy (non-hydrogen) atoms. The molecule has 0 aromatic rings. The molecule has 0 spiro atoms. The molecule has 0 aliphatic heterocycles. The van der Waals surface area contributed by atoms with E-state index in [1.165, 1.54) is 6.07 Å². The maximum atomic E-state index is 10.0. The molecule has 5 heteroatoms. The molecule has 0 atom stereocenters. The predicted octanol–water partition coefficient (Wildman–Crippen LogP) is 0.737. The van der Waals surface area contributed by atoms with Crippen LogP contribution < -0.4 is 0 Å². The number of carbonyl (C=O) groups is 1. The first-order valence-electron chi connectivity index (χ1n) is 1.76. The summed E-state index contributed by atoms with van der Waals surface area (Å²) in [4.78, 5) is 12.2. The highest BCUT2D eigenvalue weighted by Crippen LogP contribution is 1.80. The lowest BCUT2D eigenvalue weighted by molar-refractivity contribution is -0.117. The SMILES string of the molecule is N#CCC(=O)N=[N+]=[N-]. The summed E-state index contributed by atoms with van der Waals surface area (Å²) in [6.45, 7) is 0. The molecule has 0 radical (unpaired) electrons. The molecule has 0 aromatic heterocycles. The van der Waals surface area contributed by atoms with Crippen molar-refractivity contribution >= 4 is 5.91 Å². The molecule has 5 nitrogen and oxygen atoms in total. The van der Waals surface area contributed by atoms with Crippen LogP contribution >= 0.6 is 0 Å². The summed E-state index contributed by atoms with van der Waals surface area (Å²) in [5.74, 6) is -0.741. The highest BCUT2D eigenvalue weighted by Gasteiger charge is 1.91. The Balaban J connectivity index is 3.70. The van der Waals surface area contributed by atoms with E-state index >= 15 is 0 Å². The van der Waals surface area contributed by atoms with Crippen LogP contribution in [-0.2, 0) is 4.79 Å². The van der Waals surface area contributed by atoms with Gasteiger partial charge in [0.2, 0.25) is 5.91 Å². The standard InChI is InChI=1S/C3H2N4O/c4-2-1-3(8)6-7-5/h1H2. The van der Waals surface area contributed by atoms with Gasteiger partial charge in [0.1, 0.15) is 6.42 Å². The van der Waals surface area contributed by atoms with Crippen molar-refractivity contribution in [3.63, 3.8) is 0 Å². The first kappa shape index (κ1) is 6.47. The molecule has 0 N–H and O–H groups in total. The molecule has 0 rings (SSSR count). The Kier molecular flexibility index (Phi) is 2.95. The van der Waals surface area contributed by atoms with Crippen molar-refractivity contribution in [3.8, 4) is 6.07 Å². The third kappa shape index (κ3) is 2.69. The van der Waals surface area contributed by atoms with Crippen molar-refractivity contribution in [1.29, 1.82) is 5.26 Å². The van der Waals surface area contributed by atoms with E-state index in [0.717, 1.165) is 0 Å². The average molecular weight is 110 g/mol. The van der Waals surface area contributed by atoms with Gasteiger partial charge >= 0.3 is 0 Å². The van der Waals surface area contributed by atoms with E-state index in [1.54, 1.807) is 0 Å². The summed E-state index contributed by atoms with van der Waals surface area (Å²) in [7, 11) is 0. The van der Waals surface area contributed by atoms with Crippen LogP contribution in [0.2, 0.25) is 0 Å². The van der Waals surface area contributed by atoms with E-state index in [4.69, 9.17) is 10.8 Å². The molecule has 40 valence electrons. The first-order valence-corrected chi connectivity index (χ1v) is 1.76. The van der Waals surface area contributed by atoms with Crippen LogP contribution in [0.5, 0.6) is 0 Å². The molecule has 0 saturated carbocycles. The van der Waals surface area contributed by atoms with Gasteiger partial charge in [-0.3, -0.25) is 4.79 Å². The second-order valence-electron chi connectivity index (χ2n) is 0.918. The van der Waals surface area contributed by atoms with E-state index in [-0.39, 0.29) is 6.42 Å². The first-order chi connectivity index (χ1) is 3.81. The minimum Gasteiger partial charge on any atom is -0.291 e. The smallest absolute Gasteiger partial charge is 0.232 e. The second kappa shape index (κ2) is 3.65. The highest BCUT2D eigenvalue weighted by atomic mass is 16.1. The van der Waals surface area contributed by atoms with Crippen molar-refractivity contribution in [3.05, 3.63) is 10.4 Å². The van der Waals surface area contributed by atoms with Gasteiger partial charge < -0.3 is 0 Å². The van der Waals surface area contributed by atoms with Gasteiger partial charge in [-0.25, -0.2) is 0 Å².